The first-order chi connectivity index (χ1) is 6.89. The summed E-state index contributed by atoms with van der Waals surface area (Å²) in [4.78, 5) is 0. The zero-order valence-electron chi connectivity index (χ0n) is 10.1. The van der Waals surface area contributed by atoms with Gasteiger partial charge in [-0.25, -0.2) is 0 Å². The van der Waals surface area contributed by atoms with E-state index in [2.05, 4.69) is 19.7 Å². The minimum atomic E-state index is -0.685. The second-order valence-electron chi connectivity index (χ2n) is 4.73. The highest BCUT2D eigenvalue weighted by Crippen LogP contribution is 2.15. The maximum atomic E-state index is 9.91. The quantitative estimate of drug-likeness (QED) is 0.481. The molecule has 0 radical (unpaired) electrons. The molecule has 0 bridgehead atoms. The molecule has 0 aliphatic carbocycles. The van der Waals surface area contributed by atoms with E-state index >= 15 is 0 Å². The van der Waals surface area contributed by atoms with E-state index in [9.17, 15) is 5.11 Å². The smallest absolute Gasteiger partial charge is 0.108 e. The topological polar surface area (TPSA) is 20.2 Å². The van der Waals surface area contributed by atoms with Crippen molar-refractivity contribution >= 4 is 0 Å². The van der Waals surface area contributed by atoms with Gasteiger partial charge in [-0.1, -0.05) is 19.7 Å². The fraction of sp³-hybridized carbons (Fsp3) is 0.538. The van der Waals surface area contributed by atoms with Crippen LogP contribution in [0, 0.1) is 0 Å². The number of aliphatic hydroxyl groups is 1. The lowest BCUT2D eigenvalue weighted by Gasteiger charge is -2.40. The summed E-state index contributed by atoms with van der Waals surface area (Å²) in [5.74, 6) is 0. The molecule has 0 heterocycles. The molecule has 0 spiro atoms. The third kappa shape index (κ3) is 5.55. The van der Waals surface area contributed by atoms with Crippen LogP contribution in [0.4, 0.5) is 0 Å². The first-order valence-corrected chi connectivity index (χ1v) is 5.29. The van der Waals surface area contributed by atoms with Crippen LogP contribution in [-0.2, 0) is 0 Å². The highest BCUT2D eigenvalue weighted by Gasteiger charge is 2.30. The van der Waals surface area contributed by atoms with Gasteiger partial charge in [0.05, 0.1) is 19.6 Å². The number of hydrogen-bond donors (Lipinski definition) is 1. The molecule has 86 valence electrons. The lowest BCUT2D eigenvalue weighted by atomic mass is 10.1. The van der Waals surface area contributed by atoms with E-state index in [0.717, 1.165) is 24.1 Å². The Morgan fingerprint density at radius 1 is 1.00 bits per heavy atom. The first-order valence-electron chi connectivity index (χ1n) is 5.29. The van der Waals surface area contributed by atoms with Crippen LogP contribution in [0.1, 0.15) is 13.8 Å². The molecule has 0 unspecified atom stereocenters. The molecule has 0 fully saturated rings. The molecule has 0 atom stereocenters. The van der Waals surface area contributed by atoms with Gasteiger partial charge in [0.15, 0.2) is 0 Å². The van der Waals surface area contributed by atoms with Gasteiger partial charge in [0.1, 0.15) is 12.1 Å². The van der Waals surface area contributed by atoms with Gasteiger partial charge < -0.3 is 9.59 Å². The van der Waals surface area contributed by atoms with Crippen LogP contribution in [-0.4, -0.2) is 41.4 Å². The standard InChI is InChI=1S/C13H24NO/c1-6-9-14(10-7-2,11-8-3)12-13(4,5)15/h6-8,15H,1-3,9-12H2,4-5H3/q+1. The van der Waals surface area contributed by atoms with Crippen LogP contribution in [0.3, 0.4) is 0 Å². The zero-order valence-corrected chi connectivity index (χ0v) is 10.1. The molecule has 1 N–H and O–H groups in total. The van der Waals surface area contributed by atoms with Crippen LogP contribution >= 0.6 is 0 Å². The molecule has 0 aliphatic rings. The Labute approximate surface area is 93.8 Å². The maximum absolute atomic E-state index is 9.91. The van der Waals surface area contributed by atoms with Crippen molar-refractivity contribution < 1.29 is 9.59 Å². The molecule has 0 amide bonds. The first kappa shape index (κ1) is 14.1. The Balaban J connectivity index is 4.82. The summed E-state index contributed by atoms with van der Waals surface area (Å²) in [5, 5.41) is 9.91. The number of hydrogen-bond acceptors (Lipinski definition) is 1. The third-order valence-electron chi connectivity index (χ3n) is 2.27. The maximum Gasteiger partial charge on any atom is 0.108 e. The Bertz CT molecular complexity index is 199. The minimum absolute atomic E-state index is 0.678. The number of nitrogens with zero attached hydrogens (tertiary/aromatic N) is 1. The van der Waals surface area contributed by atoms with Gasteiger partial charge >= 0.3 is 0 Å². The van der Waals surface area contributed by atoms with Gasteiger partial charge in [-0.15, -0.1) is 0 Å². The van der Waals surface area contributed by atoms with Crippen LogP contribution in [0.5, 0.6) is 0 Å². The Morgan fingerprint density at radius 3 is 1.53 bits per heavy atom. The molecule has 0 aromatic heterocycles. The zero-order chi connectivity index (χ0) is 11.9. The normalized spacial score (nSPS) is 12.2. The number of rotatable bonds is 8. The van der Waals surface area contributed by atoms with E-state index in [1.54, 1.807) is 0 Å². The van der Waals surface area contributed by atoms with Gasteiger partial charge in [-0.2, -0.15) is 0 Å². The van der Waals surface area contributed by atoms with Crippen molar-refractivity contribution in [3.63, 3.8) is 0 Å². The minimum Gasteiger partial charge on any atom is -0.385 e. The molecule has 0 aromatic rings. The van der Waals surface area contributed by atoms with Gasteiger partial charge in [-0.3, -0.25) is 0 Å². The van der Waals surface area contributed by atoms with Crippen molar-refractivity contribution in [2.24, 2.45) is 0 Å². The van der Waals surface area contributed by atoms with E-state index in [0.29, 0.717) is 6.54 Å². The summed E-state index contributed by atoms with van der Waals surface area (Å²) >= 11 is 0. The van der Waals surface area contributed by atoms with Gasteiger partial charge in [0.2, 0.25) is 0 Å². The molecular formula is C13H24NO+. The Hall–Kier alpha value is -0.860. The number of quaternary nitrogens is 1. The highest BCUT2D eigenvalue weighted by atomic mass is 16.3. The molecule has 2 heteroatoms. The van der Waals surface area contributed by atoms with Crippen molar-refractivity contribution in [1.82, 2.24) is 0 Å². The average molecular weight is 210 g/mol. The lowest BCUT2D eigenvalue weighted by molar-refractivity contribution is -0.917. The predicted molar refractivity (Wildman–Crippen MR) is 66.6 cm³/mol. The van der Waals surface area contributed by atoms with E-state index < -0.39 is 5.60 Å². The molecule has 0 saturated heterocycles. The molecule has 0 rings (SSSR count). The van der Waals surface area contributed by atoms with Crippen molar-refractivity contribution in [3.05, 3.63) is 38.0 Å². The second kappa shape index (κ2) is 5.89. The average Bonchev–Trinajstić information content (AvgIpc) is 2.01. The van der Waals surface area contributed by atoms with Crippen molar-refractivity contribution in [1.29, 1.82) is 0 Å². The van der Waals surface area contributed by atoms with E-state index in [1.807, 2.05) is 32.1 Å². The largest absolute Gasteiger partial charge is 0.385 e. The Kier molecular flexibility index (Phi) is 5.55. The van der Waals surface area contributed by atoms with E-state index in [1.165, 1.54) is 0 Å². The molecule has 15 heavy (non-hydrogen) atoms. The summed E-state index contributed by atoms with van der Waals surface area (Å²) in [6.45, 7) is 18.1. The van der Waals surface area contributed by atoms with Crippen LogP contribution in [0.2, 0.25) is 0 Å². The molecule has 0 saturated carbocycles. The van der Waals surface area contributed by atoms with Crippen molar-refractivity contribution in [2.45, 2.75) is 19.4 Å². The van der Waals surface area contributed by atoms with Crippen LogP contribution in [0.15, 0.2) is 38.0 Å². The fourth-order valence-corrected chi connectivity index (χ4v) is 2.06. The summed E-state index contributed by atoms with van der Waals surface area (Å²) in [6.07, 6.45) is 5.66. The second-order valence-corrected chi connectivity index (χ2v) is 4.73. The van der Waals surface area contributed by atoms with E-state index in [4.69, 9.17) is 0 Å². The SMILES string of the molecule is C=CC[N+](CC=C)(CC=C)CC(C)(C)O. The highest BCUT2D eigenvalue weighted by molar-refractivity contribution is 4.79. The summed E-state index contributed by atoms with van der Waals surface area (Å²) < 4.78 is 0.736. The van der Waals surface area contributed by atoms with Gasteiger partial charge in [0.25, 0.3) is 0 Å². The van der Waals surface area contributed by atoms with Crippen LogP contribution in [0.25, 0.3) is 0 Å². The van der Waals surface area contributed by atoms with Crippen molar-refractivity contribution in [3.8, 4) is 0 Å². The monoisotopic (exact) mass is 210 g/mol. The molecule has 0 aliphatic heterocycles. The summed E-state index contributed by atoms with van der Waals surface area (Å²) in [5.41, 5.74) is -0.685. The molecule has 2 nitrogen and oxygen atoms in total. The van der Waals surface area contributed by atoms with E-state index in [-0.39, 0.29) is 0 Å². The van der Waals surface area contributed by atoms with Gasteiger partial charge in [0, 0.05) is 0 Å². The fourth-order valence-electron chi connectivity index (χ4n) is 2.06. The van der Waals surface area contributed by atoms with Gasteiger partial charge in [-0.05, 0) is 32.1 Å². The third-order valence-corrected chi connectivity index (χ3v) is 2.27. The Morgan fingerprint density at radius 2 is 1.33 bits per heavy atom. The summed E-state index contributed by atoms with van der Waals surface area (Å²) in [7, 11) is 0. The van der Waals surface area contributed by atoms with Crippen LogP contribution < -0.4 is 0 Å². The van der Waals surface area contributed by atoms with Crippen molar-refractivity contribution in [2.75, 3.05) is 26.2 Å². The summed E-state index contributed by atoms with van der Waals surface area (Å²) in [6, 6.07) is 0. The predicted octanol–water partition coefficient (Wildman–Crippen LogP) is 2.13. The molecule has 0 aromatic carbocycles. The molecular weight excluding hydrogens is 186 g/mol. The lowest BCUT2D eigenvalue weighted by Crippen LogP contribution is -2.55.